The topological polar surface area (TPSA) is 23.9 Å². The van der Waals surface area contributed by atoms with Gasteiger partial charge in [0.1, 0.15) is 0 Å². The second-order valence-electron chi connectivity index (χ2n) is 4.54. The monoisotopic (exact) mass is 253 g/mol. The molecule has 0 atom stereocenters. The first-order valence-electron chi connectivity index (χ1n) is 4.72. The summed E-state index contributed by atoms with van der Waals surface area (Å²) in [6.07, 6.45) is 0.739. The molecular weight excluding hydrogens is 238 g/mol. The van der Waals surface area contributed by atoms with E-state index in [0.717, 1.165) is 16.6 Å². The largest absolute Gasteiger partial charge is 0.309 e. The fourth-order valence-corrected chi connectivity index (χ4v) is 1.56. The van der Waals surface area contributed by atoms with Crippen molar-refractivity contribution in [2.45, 2.75) is 27.2 Å². The van der Waals surface area contributed by atoms with Crippen LogP contribution in [-0.2, 0) is 6.42 Å². The Balaban J connectivity index is 2.75. The number of halogens is 1. The Morgan fingerprint density at radius 2 is 2.00 bits per heavy atom. The van der Waals surface area contributed by atoms with Crippen LogP contribution in [-0.4, -0.2) is 5.71 Å². The maximum Gasteiger partial charge on any atom is 0.0186 e. The first kappa shape index (κ1) is 11.4. The van der Waals surface area contributed by atoms with Crippen LogP contribution < -0.4 is 0 Å². The van der Waals surface area contributed by atoms with E-state index in [0.29, 0.717) is 0 Å². The molecule has 0 bridgehead atoms. The summed E-state index contributed by atoms with van der Waals surface area (Å²) in [5.41, 5.74) is 1.94. The van der Waals surface area contributed by atoms with Crippen LogP contribution in [0.25, 0.3) is 0 Å². The lowest BCUT2D eigenvalue weighted by Crippen LogP contribution is -2.21. The lowest BCUT2D eigenvalue weighted by Gasteiger charge is -2.19. The molecule has 0 unspecified atom stereocenters. The molecule has 14 heavy (non-hydrogen) atoms. The summed E-state index contributed by atoms with van der Waals surface area (Å²) in [6, 6.07) is 8.14. The Hall–Kier alpha value is -0.630. The second-order valence-corrected chi connectivity index (χ2v) is 5.45. The van der Waals surface area contributed by atoms with E-state index in [1.54, 1.807) is 0 Å². The molecule has 0 aliphatic carbocycles. The van der Waals surface area contributed by atoms with E-state index in [2.05, 4.69) is 48.8 Å². The number of benzene rings is 1. The highest BCUT2D eigenvalue weighted by Crippen LogP contribution is 2.19. The van der Waals surface area contributed by atoms with Gasteiger partial charge in [-0.2, -0.15) is 0 Å². The van der Waals surface area contributed by atoms with Crippen LogP contribution in [0.15, 0.2) is 28.7 Å². The average molecular weight is 254 g/mol. The molecule has 2 heteroatoms. The molecule has 0 heterocycles. The van der Waals surface area contributed by atoms with Crippen LogP contribution in [0.5, 0.6) is 0 Å². The summed E-state index contributed by atoms with van der Waals surface area (Å²) >= 11 is 3.43. The van der Waals surface area contributed by atoms with Crippen molar-refractivity contribution in [2.24, 2.45) is 5.41 Å². The third kappa shape index (κ3) is 3.26. The smallest absolute Gasteiger partial charge is 0.0186 e. The quantitative estimate of drug-likeness (QED) is 0.769. The first-order valence-corrected chi connectivity index (χ1v) is 5.51. The highest BCUT2D eigenvalue weighted by Gasteiger charge is 2.16. The molecule has 1 N–H and O–H groups in total. The van der Waals surface area contributed by atoms with Crippen molar-refractivity contribution in [3.05, 3.63) is 34.3 Å². The van der Waals surface area contributed by atoms with Gasteiger partial charge in [0.25, 0.3) is 0 Å². The van der Waals surface area contributed by atoms with Gasteiger partial charge in [-0.05, 0) is 23.1 Å². The van der Waals surface area contributed by atoms with Crippen LogP contribution in [0.2, 0.25) is 0 Å². The maximum absolute atomic E-state index is 7.93. The summed E-state index contributed by atoms with van der Waals surface area (Å²) in [4.78, 5) is 0. The number of rotatable bonds is 2. The van der Waals surface area contributed by atoms with Gasteiger partial charge >= 0.3 is 0 Å². The van der Waals surface area contributed by atoms with Gasteiger partial charge in [0.05, 0.1) is 0 Å². The number of nitrogens with one attached hydrogen (secondary N) is 1. The lowest BCUT2D eigenvalue weighted by molar-refractivity contribution is 0.577. The van der Waals surface area contributed by atoms with Crippen molar-refractivity contribution in [1.29, 1.82) is 5.41 Å². The normalized spacial score (nSPS) is 11.4. The van der Waals surface area contributed by atoms with Gasteiger partial charge in [-0.25, -0.2) is 0 Å². The molecule has 0 radical (unpaired) electrons. The van der Waals surface area contributed by atoms with Gasteiger partial charge in [0.15, 0.2) is 0 Å². The van der Waals surface area contributed by atoms with Crippen LogP contribution in [0.4, 0.5) is 0 Å². The van der Waals surface area contributed by atoms with E-state index in [1.165, 1.54) is 5.56 Å². The van der Waals surface area contributed by atoms with Crippen LogP contribution >= 0.6 is 15.9 Å². The van der Waals surface area contributed by atoms with Gasteiger partial charge < -0.3 is 5.41 Å². The van der Waals surface area contributed by atoms with E-state index >= 15 is 0 Å². The van der Waals surface area contributed by atoms with Crippen molar-refractivity contribution in [1.82, 2.24) is 0 Å². The summed E-state index contributed by atoms with van der Waals surface area (Å²) in [5, 5.41) is 7.93. The Morgan fingerprint density at radius 3 is 2.50 bits per heavy atom. The van der Waals surface area contributed by atoms with E-state index < -0.39 is 0 Å². The number of hydrogen-bond acceptors (Lipinski definition) is 1. The molecule has 0 saturated carbocycles. The lowest BCUT2D eigenvalue weighted by atomic mass is 9.86. The summed E-state index contributed by atoms with van der Waals surface area (Å²) in [5.74, 6) is 0. The molecule has 76 valence electrons. The number of hydrogen-bond donors (Lipinski definition) is 1. The Kier molecular flexibility index (Phi) is 3.48. The van der Waals surface area contributed by atoms with Crippen molar-refractivity contribution in [3.63, 3.8) is 0 Å². The third-order valence-corrected chi connectivity index (χ3v) is 2.67. The molecule has 1 nitrogen and oxygen atoms in total. The fraction of sp³-hybridized carbons (Fsp3) is 0.417. The molecule has 1 aromatic carbocycles. The minimum atomic E-state index is -0.0255. The van der Waals surface area contributed by atoms with Crippen LogP contribution in [0.1, 0.15) is 26.3 Å². The zero-order valence-corrected chi connectivity index (χ0v) is 10.5. The van der Waals surface area contributed by atoms with Crippen molar-refractivity contribution < 1.29 is 0 Å². The van der Waals surface area contributed by atoms with E-state index in [9.17, 15) is 0 Å². The van der Waals surface area contributed by atoms with Gasteiger partial charge in [-0.1, -0.05) is 48.8 Å². The zero-order valence-electron chi connectivity index (χ0n) is 8.89. The predicted octanol–water partition coefficient (Wildman–Crippen LogP) is 4.06. The molecule has 0 spiro atoms. The Bertz CT molecular complexity index is 336. The van der Waals surface area contributed by atoms with Crippen LogP contribution in [0, 0.1) is 10.8 Å². The maximum atomic E-state index is 7.93. The van der Waals surface area contributed by atoms with Crippen molar-refractivity contribution in [3.8, 4) is 0 Å². The zero-order chi connectivity index (χ0) is 10.8. The van der Waals surface area contributed by atoms with Crippen molar-refractivity contribution in [2.75, 3.05) is 0 Å². The summed E-state index contributed by atoms with van der Waals surface area (Å²) in [6.45, 7) is 6.23. The van der Waals surface area contributed by atoms with Crippen LogP contribution in [0.3, 0.4) is 0 Å². The highest BCUT2D eigenvalue weighted by molar-refractivity contribution is 9.10. The molecule has 0 aliphatic rings. The average Bonchev–Trinajstić information content (AvgIpc) is 2.02. The molecule has 1 aromatic rings. The third-order valence-electron chi connectivity index (χ3n) is 2.18. The van der Waals surface area contributed by atoms with Gasteiger partial charge in [-0.15, -0.1) is 0 Å². The SMILES string of the molecule is CC(C)(C)C(=N)Cc1cccc(Br)c1. The molecule has 0 aliphatic heterocycles. The predicted molar refractivity (Wildman–Crippen MR) is 65.0 cm³/mol. The minimum Gasteiger partial charge on any atom is -0.309 e. The van der Waals surface area contributed by atoms with E-state index in [4.69, 9.17) is 5.41 Å². The van der Waals surface area contributed by atoms with E-state index in [1.807, 2.05) is 12.1 Å². The molecule has 0 fully saturated rings. The van der Waals surface area contributed by atoms with E-state index in [-0.39, 0.29) is 5.41 Å². The van der Waals surface area contributed by atoms with Gasteiger partial charge in [-0.3, -0.25) is 0 Å². The second kappa shape index (κ2) is 4.26. The Morgan fingerprint density at radius 1 is 1.36 bits per heavy atom. The molecule has 0 saturated heterocycles. The first-order chi connectivity index (χ1) is 6.39. The molecule has 0 aromatic heterocycles. The van der Waals surface area contributed by atoms with Crippen molar-refractivity contribution >= 4 is 21.6 Å². The van der Waals surface area contributed by atoms with Gasteiger partial charge in [0.2, 0.25) is 0 Å². The summed E-state index contributed by atoms with van der Waals surface area (Å²) < 4.78 is 1.08. The minimum absolute atomic E-state index is 0.0255. The molecular formula is C12H16BrN. The standard InChI is InChI=1S/C12H16BrN/c1-12(2,3)11(14)8-9-5-4-6-10(13)7-9/h4-7,14H,8H2,1-3H3. The summed E-state index contributed by atoms with van der Waals surface area (Å²) in [7, 11) is 0. The highest BCUT2D eigenvalue weighted by atomic mass is 79.9. The fourth-order valence-electron chi connectivity index (χ4n) is 1.12. The Labute approximate surface area is 94.2 Å². The van der Waals surface area contributed by atoms with Gasteiger partial charge in [0, 0.05) is 16.6 Å². The molecule has 0 amide bonds. The molecule has 1 rings (SSSR count).